The molecule has 120 valence electrons. The van der Waals surface area contributed by atoms with Crippen LogP contribution < -0.4 is 10.2 Å². The van der Waals surface area contributed by atoms with Crippen molar-refractivity contribution in [3.63, 3.8) is 0 Å². The average Bonchev–Trinajstić information content (AvgIpc) is 3.15. The first kappa shape index (κ1) is 16.2. The third-order valence-electron chi connectivity index (χ3n) is 3.61. The van der Waals surface area contributed by atoms with E-state index in [1.54, 1.807) is 29.8 Å². The van der Waals surface area contributed by atoms with Gasteiger partial charge in [-0.3, -0.25) is 14.5 Å². The number of anilines is 1. The van der Waals surface area contributed by atoms with Crippen LogP contribution in [0.15, 0.2) is 29.8 Å². The molecule has 1 saturated heterocycles. The van der Waals surface area contributed by atoms with Crippen LogP contribution in [0.1, 0.15) is 18.4 Å². The Bertz CT molecular complexity index is 736. The van der Waals surface area contributed by atoms with Crippen LogP contribution in [-0.4, -0.2) is 22.8 Å². The summed E-state index contributed by atoms with van der Waals surface area (Å²) in [6.45, 7) is 0.283. The minimum atomic E-state index is -0.528. The van der Waals surface area contributed by atoms with Gasteiger partial charge in [0.15, 0.2) is 5.13 Å². The van der Waals surface area contributed by atoms with Gasteiger partial charge in [-0.2, -0.15) is 0 Å². The fourth-order valence-electron chi connectivity index (χ4n) is 2.47. The van der Waals surface area contributed by atoms with Gasteiger partial charge in [0.1, 0.15) is 6.04 Å². The minimum Gasteiger partial charge on any atom is -0.350 e. The fourth-order valence-corrected chi connectivity index (χ4v) is 3.66. The predicted octanol–water partition coefficient (Wildman–Crippen LogP) is 3.26. The number of thiazole rings is 1. The highest BCUT2D eigenvalue weighted by Gasteiger charge is 2.38. The molecule has 1 fully saturated rings. The summed E-state index contributed by atoms with van der Waals surface area (Å²) in [7, 11) is 0. The van der Waals surface area contributed by atoms with Gasteiger partial charge in [-0.15, -0.1) is 11.3 Å². The van der Waals surface area contributed by atoms with Crippen LogP contribution in [-0.2, 0) is 16.1 Å². The Morgan fingerprint density at radius 3 is 2.96 bits per heavy atom. The summed E-state index contributed by atoms with van der Waals surface area (Å²) >= 11 is 13.3. The van der Waals surface area contributed by atoms with Crippen molar-refractivity contribution in [1.29, 1.82) is 0 Å². The molecule has 3 rings (SSSR count). The van der Waals surface area contributed by atoms with Crippen molar-refractivity contribution in [2.24, 2.45) is 0 Å². The molecule has 1 atom stereocenters. The van der Waals surface area contributed by atoms with Crippen molar-refractivity contribution in [1.82, 2.24) is 10.3 Å². The number of halogens is 2. The van der Waals surface area contributed by atoms with E-state index in [9.17, 15) is 9.59 Å². The maximum absolute atomic E-state index is 12.5. The molecule has 0 saturated carbocycles. The fraction of sp³-hybridized carbons (Fsp3) is 0.267. The van der Waals surface area contributed by atoms with Crippen LogP contribution in [0.4, 0.5) is 5.13 Å². The molecular formula is C15H13Cl2N3O2S. The van der Waals surface area contributed by atoms with E-state index >= 15 is 0 Å². The molecule has 0 bridgehead atoms. The SMILES string of the molecule is O=C(NCc1ccc(Cl)cc1Cl)[C@@H]1CCC(=O)N1c1nccs1. The van der Waals surface area contributed by atoms with Crippen molar-refractivity contribution < 1.29 is 9.59 Å². The Kier molecular flexibility index (Phi) is 4.84. The first-order chi connectivity index (χ1) is 11.1. The summed E-state index contributed by atoms with van der Waals surface area (Å²) in [5.74, 6) is -0.290. The lowest BCUT2D eigenvalue weighted by Gasteiger charge is -2.21. The molecule has 0 spiro atoms. The van der Waals surface area contributed by atoms with E-state index in [1.165, 1.54) is 16.2 Å². The van der Waals surface area contributed by atoms with Crippen molar-refractivity contribution >= 4 is 51.5 Å². The summed E-state index contributed by atoms with van der Waals surface area (Å²) in [6, 6.07) is 4.59. The second-order valence-electron chi connectivity index (χ2n) is 5.09. The molecule has 0 unspecified atom stereocenters. The van der Waals surface area contributed by atoms with Gasteiger partial charge in [-0.05, 0) is 24.1 Å². The predicted molar refractivity (Wildman–Crippen MR) is 90.9 cm³/mol. The maximum Gasteiger partial charge on any atom is 0.243 e. The van der Waals surface area contributed by atoms with Gasteiger partial charge in [-0.1, -0.05) is 29.3 Å². The highest BCUT2D eigenvalue weighted by molar-refractivity contribution is 7.13. The van der Waals surface area contributed by atoms with Gasteiger partial charge >= 0.3 is 0 Å². The molecule has 2 heterocycles. The van der Waals surface area contributed by atoms with Gasteiger partial charge < -0.3 is 5.32 Å². The molecule has 23 heavy (non-hydrogen) atoms. The summed E-state index contributed by atoms with van der Waals surface area (Å²) in [4.78, 5) is 30.1. The van der Waals surface area contributed by atoms with Crippen LogP contribution in [0.2, 0.25) is 10.0 Å². The Labute approximate surface area is 147 Å². The number of nitrogens with zero attached hydrogens (tertiary/aromatic N) is 2. The lowest BCUT2D eigenvalue weighted by Crippen LogP contribution is -2.44. The number of hydrogen-bond donors (Lipinski definition) is 1. The number of amides is 2. The zero-order valence-electron chi connectivity index (χ0n) is 12.0. The lowest BCUT2D eigenvalue weighted by atomic mass is 10.2. The van der Waals surface area contributed by atoms with Crippen molar-refractivity contribution in [2.45, 2.75) is 25.4 Å². The number of carbonyl (C=O) groups excluding carboxylic acids is 2. The first-order valence-corrected chi connectivity index (χ1v) is 8.63. The van der Waals surface area contributed by atoms with Crippen molar-refractivity contribution in [3.05, 3.63) is 45.4 Å². The summed E-state index contributed by atoms with van der Waals surface area (Å²) in [6.07, 6.45) is 2.45. The largest absolute Gasteiger partial charge is 0.350 e. The smallest absolute Gasteiger partial charge is 0.243 e. The van der Waals surface area contributed by atoms with Gasteiger partial charge in [-0.25, -0.2) is 4.98 Å². The molecule has 1 N–H and O–H groups in total. The molecule has 2 aromatic rings. The Hall–Kier alpha value is -1.63. The lowest BCUT2D eigenvalue weighted by molar-refractivity contribution is -0.124. The number of rotatable bonds is 4. The summed E-state index contributed by atoms with van der Waals surface area (Å²) in [5, 5.41) is 6.20. The molecule has 0 aliphatic carbocycles. The standard InChI is InChI=1S/C15H13Cl2N3O2S/c16-10-2-1-9(11(17)7-10)8-19-14(22)12-3-4-13(21)20(12)15-18-5-6-23-15/h1-2,5-7,12H,3-4,8H2,(H,19,22)/t12-/m0/s1. The molecule has 0 radical (unpaired) electrons. The third-order valence-corrected chi connectivity index (χ3v) is 4.97. The van der Waals surface area contributed by atoms with Crippen LogP contribution in [0, 0.1) is 0 Å². The van der Waals surface area contributed by atoms with Crippen molar-refractivity contribution in [3.8, 4) is 0 Å². The minimum absolute atomic E-state index is 0.0791. The highest BCUT2D eigenvalue weighted by Crippen LogP contribution is 2.28. The molecule has 8 heteroatoms. The van der Waals surface area contributed by atoms with Gasteiger partial charge in [0.25, 0.3) is 0 Å². The Morgan fingerprint density at radius 2 is 2.26 bits per heavy atom. The van der Waals surface area contributed by atoms with Gasteiger partial charge in [0.05, 0.1) is 0 Å². The molecule has 1 aromatic heterocycles. The summed E-state index contributed by atoms with van der Waals surface area (Å²) in [5.41, 5.74) is 0.773. The topological polar surface area (TPSA) is 62.3 Å². The van der Waals surface area contributed by atoms with Crippen LogP contribution in [0.25, 0.3) is 0 Å². The second-order valence-corrected chi connectivity index (χ2v) is 6.80. The van der Waals surface area contributed by atoms with E-state index in [2.05, 4.69) is 10.3 Å². The van der Waals surface area contributed by atoms with Gasteiger partial charge in [0.2, 0.25) is 11.8 Å². The van der Waals surface area contributed by atoms with E-state index in [-0.39, 0.29) is 18.4 Å². The second kappa shape index (κ2) is 6.86. The Morgan fingerprint density at radius 1 is 1.43 bits per heavy atom. The molecule has 1 aliphatic heterocycles. The number of benzene rings is 1. The van der Waals surface area contributed by atoms with Crippen LogP contribution >= 0.6 is 34.5 Å². The van der Waals surface area contributed by atoms with E-state index in [1.807, 2.05) is 0 Å². The highest BCUT2D eigenvalue weighted by atomic mass is 35.5. The van der Waals surface area contributed by atoms with E-state index < -0.39 is 6.04 Å². The average molecular weight is 370 g/mol. The number of aromatic nitrogens is 1. The molecule has 1 aromatic carbocycles. The summed E-state index contributed by atoms with van der Waals surface area (Å²) < 4.78 is 0. The normalized spacial score (nSPS) is 17.6. The molecule has 2 amide bonds. The third kappa shape index (κ3) is 3.49. The first-order valence-electron chi connectivity index (χ1n) is 6.99. The van der Waals surface area contributed by atoms with E-state index in [4.69, 9.17) is 23.2 Å². The Balaban J connectivity index is 1.69. The quantitative estimate of drug-likeness (QED) is 0.899. The van der Waals surface area contributed by atoms with Crippen LogP contribution in [0.3, 0.4) is 0 Å². The van der Waals surface area contributed by atoms with Crippen LogP contribution in [0.5, 0.6) is 0 Å². The maximum atomic E-state index is 12.5. The number of nitrogens with one attached hydrogen (secondary N) is 1. The molecular weight excluding hydrogens is 357 g/mol. The molecule has 1 aliphatic rings. The zero-order chi connectivity index (χ0) is 16.4. The van der Waals surface area contributed by atoms with Gasteiger partial charge in [0, 0.05) is 34.6 Å². The van der Waals surface area contributed by atoms with E-state index in [0.717, 1.165) is 5.56 Å². The van der Waals surface area contributed by atoms with Crippen molar-refractivity contribution in [2.75, 3.05) is 4.90 Å². The zero-order valence-corrected chi connectivity index (χ0v) is 14.3. The molecule has 5 nitrogen and oxygen atoms in total. The number of carbonyl (C=O) groups is 2. The van der Waals surface area contributed by atoms with E-state index in [0.29, 0.717) is 28.0 Å². The monoisotopic (exact) mass is 369 g/mol. The number of hydrogen-bond acceptors (Lipinski definition) is 4.